The second-order valence-electron chi connectivity index (χ2n) is 7.12. The molecule has 1 fully saturated rings. The largest absolute Gasteiger partial charge is 0.481 e. The Labute approximate surface area is 148 Å². The number of methoxy groups -OCH3 is 1. The molecule has 0 bridgehead atoms. The van der Waals surface area contributed by atoms with E-state index in [1.165, 1.54) is 18.5 Å². The first kappa shape index (κ1) is 16.4. The van der Waals surface area contributed by atoms with Gasteiger partial charge in [0.15, 0.2) is 0 Å². The van der Waals surface area contributed by atoms with E-state index in [0.29, 0.717) is 11.8 Å². The number of fused-ring (bicyclic) bond motifs is 1. The van der Waals surface area contributed by atoms with Gasteiger partial charge in [0.2, 0.25) is 5.88 Å². The summed E-state index contributed by atoms with van der Waals surface area (Å²) in [5, 5.41) is 0. The number of hydrogen-bond acceptors (Lipinski definition) is 5. The fraction of sp³-hybridized carbons (Fsp3) is 0.579. The van der Waals surface area contributed by atoms with Crippen LogP contribution < -0.4 is 9.64 Å². The first-order valence-corrected chi connectivity index (χ1v) is 9.14. The molecular weight excluding hydrogens is 316 g/mol. The van der Waals surface area contributed by atoms with Gasteiger partial charge in [0, 0.05) is 44.3 Å². The maximum atomic E-state index is 5.87. The summed E-state index contributed by atoms with van der Waals surface area (Å²) < 4.78 is 13.5. The molecule has 0 radical (unpaired) electrons. The highest BCUT2D eigenvalue weighted by atomic mass is 16.5. The second kappa shape index (κ2) is 7.44. The molecule has 0 saturated heterocycles. The lowest BCUT2D eigenvalue weighted by atomic mass is 10.1. The van der Waals surface area contributed by atoms with Crippen LogP contribution in [-0.4, -0.2) is 41.4 Å². The highest BCUT2D eigenvalue weighted by Crippen LogP contribution is 2.29. The van der Waals surface area contributed by atoms with Crippen molar-refractivity contribution in [2.24, 2.45) is 11.8 Å². The van der Waals surface area contributed by atoms with Gasteiger partial charge in [0.05, 0.1) is 13.7 Å². The Hall–Kier alpha value is -2.08. The minimum absolute atomic E-state index is 0.536. The zero-order chi connectivity index (χ0) is 17.1. The molecule has 0 aromatic carbocycles. The molecule has 6 heteroatoms. The van der Waals surface area contributed by atoms with Crippen molar-refractivity contribution in [2.75, 3.05) is 31.8 Å². The van der Waals surface area contributed by atoms with E-state index in [4.69, 9.17) is 9.47 Å². The van der Waals surface area contributed by atoms with Gasteiger partial charge in [-0.25, -0.2) is 9.97 Å². The third-order valence-corrected chi connectivity index (χ3v) is 5.09. The van der Waals surface area contributed by atoms with Crippen LogP contribution in [0.4, 0.5) is 5.82 Å². The molecule has 2 aromatic heterocycles. The molecule has 1 atom stereocenters. The summed E-state index contributed by atoms with van der Waals surface area (Å²) in [4.78, 5) is 10.9. The minimum Gasteiger partial charge on any atom is -0.481 e. The highest BCUT2D eigenvalue weighted by molar-refractivity contribution is 5.42. The average molecular weight is 342 g/mol. The first-order chi connectivity index (χ1) is 12.3. The average Bonchev–Trinajstić information content (AvgIpc) is 3.40. The van der Waals surface area contributed by atoms with Gasteiger partial charge in [-0.15, -0.1) is 0 Å². The monoisotopic (exact) mass is 342 g/mol. The SMILES string of the molecule is COc1cc(N2Cc3cccn3C[C@H](CCOCC3CC3)C2)ncn1. The van der Waals surface area contributed by atoms with Crippen LogP contribution >= 0.6 is 0 Å². The maximum Gasteiger partial charge on any atom is 0.218 e. The Morgan fingerprint density at radius 3 is 2.96 bits per heavy atom. The standard InChI is InChI=1S/C19H26N4O2/c1-24-19-9-18(20-14-21-19)23-11-16(6-8-25-13-15-4-5-15)10-22-7-2-3-17(22)12-23/h2-3,7,9,14-16H,4-6,8,10-13H2,1H3/t16-/m0/s1. The number of ether oxygens (including phenoxy) is 2. The number of rotatable bonds is 7. The van der Waals surface area contributed by atoms with Gasteiger partial charge in [-0.1, -0.05) is 0 Å². The van der Waals surface area contributed by atoms with E-state index < -0.39 is 0 Å². The Bertz CT molecular complexity index is 698. The normalized spacial score (nSPS) is 20.2. The molecule has 0 amide bonds. The van der Waals surface area contributed by atoms with Crippen LogP contribution in [0.1, 0.15) is 25.0 Å². The predicted molar refractivity (Wildman–Crippen MR) is 95.7 cm³/mol. The van der Waals surface area contributed by atoms with Gasteiger partial charge in [0.1, 0.15) is 12.1 Å². The lowest BCUT2D eigenvalue weighted by Crippen LogP contribution is -2.29. The van der Waals surface area contributed by atoms with Gasteiger partial charge in [-0.2, -0.15) is 0 Å². The van der Waals surface area contributed by atoms with Crippen LogP contribution in [0.3, 0.4) is 0 Å². The Kier molecular flexibility index (Phi) is 4.88. The summed E-state index contributed by atoms with van der Waals surface area (Å²) in [6.07, 6.45) is 7.52. The molecule has 134 valence electrons. The summed E-state index contributed by atoms with van der Waals surface area (Å²) in [7, 11) is 1.64. The molecule has 1 aliphatic heterocycles. The van der Waals surface area contributed by atoms with Gasteiger partial charge in [-0.05, 0) is 43.2 Å². The molecule has 0 N–H and O–H groups in total. The van der Waals surface area contributed by atoms with E-state index >= 15 is 0 Å². The lowest BCUT2D eigenvalue weighted by Gasteiger charge is -2.25. The third kappa shape index (κ3) is 4.12. The van der Waals surface area contributed by atoms with Crippen LogP contribution in [-0.2, 0) is 17.8 Å². The van der Waals surface area contributed by atoms with Gasteiger partial charge >= 0.3 is 0 Å². The van der Waals surface area contributed by atoms with Crippen LogP contribution in [0.25, 0.3) is 0 Å². The fourth-order valence-corrected chi connectivity index (χ4v) is 3.43. The summed E-state index contributed by atoms with van der Waals surface area (Å²) in [6, 6.07) is 6.23. The first-order valence-electron chi connectivity index (χ1n) is 9.14. The van der Waals surface area contributed by atoms with E-state index in [-0.39, 0.29) is 0 Å². The molecule has 0 unspecified atom stereocenters. The molecule has 2 aromatic rings. The van der Waals surface area contributed by atoms with E-state index in [2.05, 4.69) is 37.8 Å². The summed E-state index contributed by atoms with van der Waals surface area (Å²) >= 11 is 0. The van der Waals surface area contributed by atoms with Crippen molar-refractivity contribution in [3.05, 3.63) is 36.4 Å². The molecule has 4 rings (SSSR count). The number of anilines is 1. The summed E-state index contributed by atoms with van der Waals surface area (Å²) in [5.74, 6) is 2.89. The molecule has 1 saturated carbocycles. The van der Waals surface area contributed by atoms with Crippen LogP contribution in [0.15, 0.2) is 30.7 Å². The van der Waals surface area contributed by atoms with Gasteiger partial charge in [0.25, 0.3) is 0 Å². The molecule has 3 heterocycles. The van der Waals surface area contributed by atoms with Crippen LogP contribution in [0.5, 0.6) is 5.88 Å². The Balaban J connectivity index is 1.46. The summed E-state index contributed by atoms with van der Waals surface area (Å²) in [5.41, 5.74) is 1.32. The minimum atomic E-state index is 0.536. The topological polar surface area (TPSA) is 52.4 Å². The van der Waals surface area contributed by atoms with Crippen molar-refractivity contribution >= 4 is 5.82 Å². The molecule has 25 heavy (non-hydrogen) atoms. The lowest BCUT2D eigenvalue weighted by molar-refractivity contribution is 0.110. The van der Waals surface area contributed by atoms with Crippen molar-refractivity contribution in [1.82, 2.24) is 14.5 Å². The molecule has 0 spiro atoms. The molecule has 2 aliphatic rings. The van der Waals surface area contributed by atoms with Crippen molar-refractivity contribution in [3.63, 3.8) is 0 Å². The van der Waals surface area contributed by atoms with E-state index in [1.54, 1.807) is 13.4 Å². The number of hydrogen-bond donors (Lipinski definition) is 0. The van der Waals surface area contributed by atoms with Crippen molar-refractivity contribution in [3.8, 4) is 5.88 Å². The van der Waals surface area contributed by atoms with Crippen LogP contribution in [0.2, 0.25) is 0 Å². The van der Waals surface area contributed by atoms with E-state index in [0.717, 1.165) is 51.0 Å². The zero-order valence-electron chi connectivity index (χ0n) is 14.8. The number of nitrogens with zero attached hydrogens (tertiary/aromatic N) is 4. The van der Waals surface area contributed by atoms with Gasteiger partial charge < -0.3 is 18.9 Å². The molecule has 1 aliphatic carbocycles. The highest BCUT2D eigenvalue weighted by Gasteiger charge is 2.24. The second-order valence-corrected chi connectivity index (χ2v) is 7.12. The fourth-order valence-electron chi connectivity index (χ4n) is 3.43. The molecular formula is C19H26N4O2. The van der Waals surface area contributed by atoms with Crippen LogP contribution in [0, 0.1) is 11.8 Å². The maximum absolute atomic E-state index is 5.87. The summed E-state index contributed by atoms with van der Waals surface area (Å²) in [6.45, 7) is 4.64. The Morgan fingerprint density at radius 1 is 1.20 bits per heavy atom. The van der Waals surface area contributed by atoms with Crippen molar-refractivity contribution in [1.29, 1.82) is 0 Å². The van der Waals surface area contributed by atoms with Crippen molar-refractivity contribution < 1.29 is 9.47 Å². The van der Waals surface area contributed by atoms with Gasteiger partial charge in [-0.3, -0.25) is 0 Å². The number of aromatic nitrogens is 3. The third-order valence-electron chi connectivity index (χ3n) is 5.09. The van der Waals surface area contributed by atoms with E-state index in [1.807, 2.05) is 6.07 Å². The predicted octanol–water partition coefficient (Wildman–Crippen LogP) is 2.74. The van der Waals surface area contributed by atoms with E-state index in [9.17, 15) is 0 Å². The smallest absolute Gasteiger partial charge is 0.218 e. The zero-order valence-corrected chi connectivity index (χ0v) is 14.8. The Morgan fingerprint density at radius 2 is 2.12 bits per heavy atom. The molecule has 6 nitrogen and oxygen atoms in total. The van der Waals surface area contributed by atoms with Crippen molar-refractivity contribution in [2.45, 2.75) is 32.4 Å². The quantitative estimate of drug-likeness (QED) is 0.724.